The smallest absolute Gasteiger partial charge is 0.136 e. The SMILES string of the molecule is c1ccc2cc3c(cc2c1)oc1ccc(-c2c4ccccc4c(-c4ccc5c(c4)Oc4cccc6cccc-5c46)c4ccccc24)cc13. The summed E-state index contributed by atoms with van der Waals surface area (Å²) in [5.74, 6) is 1.80. The summed E-state index contributed by atoms with van der Waals surface area (Å²) in [5.41, 5.74) is 8.93. The van der Waals surface area contributed by atoms with E-state index in [1.807, 2.05) is 0 Å². The van der Waals surface area contributed by atoms with Crippen molar-refractivity contribution < 1.29 is 9.15 Å². The van der Waals surface area contributed by atoms with Crippen LogP contribution in [0.4, 0.5) is 0 Å². The number of hydrogen-bond acceptors (Lipinski definition) is 2. The average molecular weight is 611 g/mol. The lowest BCUT2D eigenvalue weighted by Crippen LogP contribution is -1.97. The number of furan rings is 1. The van der Waals surface area contributed by atoms with Crippen LogP contribution in [0.5, 0.6) is 11.5 Å². The van der Waals surface area contributed by atoms with E-state index in [1.165, 1.54) is 65.3 Å². The predicted molar refractivity (Wildman–Crippen MR) is 200 cm³/mol. The van der Waals surface area contributed by atoms with Crippen molar-refractivity contribution in [1.82, 2.24) is 0 Å². The molecule has 1 aliphatic heterocycles. The van der Waals surface area contributed by atoms with Crippen molar-refractivity contribution in [3.05, 3.63) is 158 Å². The van der Waals surface area contributed by atoms with Crippen LogP contribution in [-0.4, -0.2) is 0 Å². The highest BCUT2D eigenvalue weighted by Crippen LogP contribution is 2.50. The van der Waals surface area contributed by atoms with Gasteiger partial charge in [-0.25, -0.2) is 0 Å². The molecule has 0 aliphatic carbocycles. The van der Waals surface area contributed by atoms with Crippen molar-refractivity contribution in [2.24, 2.45) is 0 Å². The number of hydrogen-bond donors (Lipinski definition) is 0. The van der Waals surface area contributed by atoms with E-state index in [-0.39, 0.29) is 0 Å². The van der Waals surface area contributed by atoms with Gasteiger partial charge in [0.2, 0.25) is 0 Å². The van der Waals surface area contributed by atoms with Crippen LogP contribution in [0.3, 0.4) is 0 Å². The summed E-state index contributed by atoms with van der Waals surface area (Å²) in [6, 6.07) is 56.7. The molecule has 0 fully saturated rings. The maximum Gasteiger partial charge on any atom is 0.136 e. The third kappa shape index (κ3) is 3.57. The fourth-order valence-electron chi connectivity index (χ4n) is 8.09. The number of fused-ring (bicyclic) bond motifs is 8. The van der Waals surface area contributed by atoms with Gasteiger partial charge in [-0.1, -0.05) is 115 Å². The van der Waals surface area contributed by atoms with Gasteiger partial charge in [0.25, 0.3) is 0 Å². The first-order chi connectivity index (χ1) is 23.8. The van der Waals surface area contributed by atoms with E-state index >= 15 is 0 Å². The van der Waals surface area contributed by atoms with Gasteiger partial charge in [-0.05, 0) is 108 Å². The minimum Gasteiger partial charge on any atom is -0.456 e. The molecule has 0 saturated carbocycles. The molecule has 0 bridgehead atoms. The molecule has 11 rings (SSSR count). The molecule has 0 unspecified atom stereocenters. The van der Waals surface area contributed by atoms with Crippen molar-refractivity contribution in [2.75, 3.05) is 0 Å². The maximum atomic E-state index is 6.62. The van der Waals surface area contributed by atoms with Gasteiger partial charge in [-0.2, -0.15) is 0 Å². The minimum atomic E-state index is 0.890. The Labute approximate surface area is 276 Å². The van der Waals surface area contributed by atoms with Crippen LogP contribution in [0.25, 0.3) is 98.4 Å². The molecule has 9 aromatic carbocycles. The van der Waals surface area contributed by atoms with Gasteiger partial charge in [0, 0.05) is 21.7 Å². The van der Waals surface area contributed by atoms with Gasteiger partial charge >= 0.3 is 0 Å². The number of benzene rings is 9. The summed E-state index contributed by atoms with van der Waals surface area (Å²) >= 11 is 0. The summed E-state index contributed by atoms with van der Waals surface area (Å²) in [6.45, 7) is 0. The second-order valence-electron chi connectivity index (χ2n) is 12.8. The van der Waals surface area contributed by atoms with Crippen LogP contribution in [0, 0.1) is 0 Å². The Morgan fingerprint density at radius 1 is 0.333 bits per heavy atom. The van der Waals surface area contributed by atoms with Crippen molar-refractivity contribution in [1.29, 1.82) is 0 Å². The first-order valence-electron chi connectivity index (χ1n) is 16.4. The molecule has 222 valence electrons. The topological polar surface area (TPSA) is 22.4 Å². The third-order valence-corrected chi connectivity index (χ3v) is 10.2. The van der Waals surface area contributed by atoms with E-state index in [0.29, 0.717) is 0 Å². The maximum absolute atomic E-state index is 6.62. The van der Waals surface area contributed by atoms with Crippen molar-refractivity contribution in [2.45, 2.75) is 0 Å². The third-order valence-electron chi connectivity index (χ3n) is 10.2. The fourth-order valence-corrected chi connectivity index (χ4v) is 8.09. The lowest BCUT2D eigenvalue weighted by Gasteiger charge is -2.23. The van der Waals surface area contributed by atoms with E-state index in [0.717, 1.165) is 44.6 Å². The zero-order valence-electron chi connectivity index (χ0n) is 25.8. The number of ether oxygens (including phenoxy) is 1. The Morgan fingerprint density at radius 2 is 0.917 bits per heavy atom. The molecule has 0 spiro atoms. The molecular formula is C46H26O2. The van der Waals surface area contributed by atoms with Crippen LogP contribution < -0.4 is 4.74 Å². The molecule has 2 heterocycles. The van der Waals surface area contributed by atoms with Crippen molar-refractivity contribution in [3.63, 3.8) is 0 Å². The largest absolute Gasteiger partial charge is 0.456 e. The Morgan fingerprint density at radius 3 is 1.65 bits per heavy atom. The zero-order valence-corrected chi connectivity index (χ0v) is 25.8. The standard InChI is InChI=1S/C46H26O2/c1-2-10-29-25-43-39(23-28(29)9-1)38-24-30(20-22-40(38)47-43)44-34-13-3-5-15-36(34)45(37-16-6-4-14-35(37)44)31-19-21-32-33-17-7-11-27-12-8-18-41(46(27)33)48-42(32)26-31/h1-26H. The normalized spacial score (nSPS) is 12.3. The van der Waals surface area contributed by atoms with Crippen molar-refractivity contribution in [3.8, 4) is 44.9 Å². The second kappa shape index (κ2) is 9.57. The molecule has 1 aliphatic rings. The lowest BCUT2D eigenvalue weighted by molar-refractivity contribution is 0.487. The van der Waals surface area contributed by atoms with E-state index < -0.39 is 0 Å². The molecule has 0 saturated heterocycles. The summed E-state index contributed by atoms with van der Waals surface area (Å²) in [5, 5.41) is 11.9. The molecule has 2 heteroatoms. The van der Waals surface area contributed by atoms with Crippen LogP contribution >= 0.6 is 0 Å². The van der Waals surface area contributed by atoms with E-state index in [4.69, 9.17) is 9.15 Å². The van der Waals surface area contributed by atoms with Gasteiger partial charge in [0.05, 0.1) is 0 Å². The quantitative estimate of drug-likeness (QED) is 0.182. The highest BCUT2D eigenvalue weighted by atomic mass is 16.5. The molecule has 0 N–H and O–H groups in total. The van der Waals surface area contributed by atoms with E-state index in [1.54, 1.807) is 0 Å². The second-order valence-corrected chi connectivity index (χ2v) is 12.8. The van der Waals surface area contributed by atoms with Crippen LogP contribution in [0.2, 0.25) is 0 Å². The Balaban J connectivity index is 1.16. The molecule has 1 aromatic heterocycles. The monoisotopic (exact) mass is 610 g/mol. The molecule has 0 radical (unpaired) electrons. The fraction of sp³-hybridized carbons (Fsp3) is 0. The van der Waals surface area contributed by atoms with Gasteiger partial charge in [0.15, 0.2) is 0 Å². The van der Waals surface area contributed by atoms with E-state index in [2.05, 4.69) is 158 Å². The van der Waals surface area contributed by atoms with Crippen LogP contribution in [0.15, 0.2) is 162 Å². The van der Waals surface area contributed by atoms with Gasteiger partial charge in [0.1, 0.15) is 22.7 Å². The van der Waals surface area contributed by atoms with Crippen LogP contribution in [0.1, 0.15) is 0 Å². The highest BCUT2D eigenvalue weighted by Gasteiger charge is 2.23. The molecular weight excluding hydrogens is 585 g/mol. The van der Waals surface area contributed by atoms with Gasteiger partial charge in [-0.15, -0.1) is 0 Å². The Bertz CT molecular complexity index is 2920. The Kier molecular flexibility index (Phi) is 5.14. The van der Waals surface area contributed by atoms with Crippen molar-refractivity contribution >= 4 is 65.0 Å². The molecule has 10 aromatic rings. The predicted octanol–water partition coefficient (Wildman–Crippen LogP) is 13.3. The van der Waals surface area contributed by atoms with Crippen LogP contribution in [-0.2, 0) is 0 Å². The minimum absolute atomic E-state index is 0.890. The summed E-state index contributed by atoms with van der Waals surface area (Å²) in [7, 11) is 0. The summed E-state index contributed by atoms with van der Waals surface area (Å²) in [4.78, 5) is 0. The Hall–Kier alpha value is -6.38. The summed E-state index contributed by atoms with van der Waals surface area (Å²) in [6.07, 6.45) is 0. The molecule has 48 heavy (non-hydrogen) atoms. The zero-order chi connectivity index (χ0) is 31.3. The lowest BCUT2D eigenvalue weighted by atomic mass is 9.85. The highest BCUT2D eigenvalue weighted by molar-refractivity contribution is 6.22. The first kappa shape index (κ1) is 25.8. The van der Waals surface area contributed by atoms with E-state index in [9.17, 15) is 0 Å². The van der Waals surface area contributed by atoms with Gasteiger partial charge in [-0.3, -0.25) is 0 Å². The number of rotatable bonds is 2. The molecule has 2 nitrogen and oxygen atoms in total. The first-order valence-corrected chi connectivity index (χ1v) is 16.4. The molecule has 0 amide bonds. The van der Waals surface area contributed by atoms with Gasteiger partial charge < -0.3 is 9.15 Å². The summed E-state index contributed by atoms with van der Waals surface area (Å²) < 4.78 is 13.0. The molecule has 0 atom stereocenters. The average Bonchev–Trinajstić information content (AvgIpc) is 3.49.